The maximum Gasteiger partial charge on any atom is 0.238 e. The molecular formula is C12H12Br2N2O. The van der Waals surface area contributed by atoms with Crippen molar-refractivity contribution in [3.8, 4) is 6.07 Å². The summed E-state index contributed by atoms with van der Waals surface area (Å²) in [5.74, 6) is 0.123. The van der Waals surface area contributed by atoms with Gasteiger partial charge in [-0.05, 0) is 40.0 Å². The SMILES string of the molecule is CC(C)C(Br)C(=O)Nc1ccc(C#N)cc1Br. The number of nitrogens with one attached hydrogen (secondary N) is 1. The molecule has 5 heteroatoms. The van der Waals surface area contributed by atoms with E-state index in [1.165, 1.54) is 0 Å². The van der Waals surface area contributed by atoms with E-state index >= 15 is 0 Å². The number of anilines is 1. The van der Waals surface area contributed by atoms with Crippen molar-refractivity contribution in [3.63, 3.8) is 0 Å². The van der Waals surface area contributed by atoms with E-state index in [9.17, 15) is 4.79 Å². The van der Waals surface area contributed by atoms with Crippen LogP contribution >= 0.6 is 31.9 Å². The molecule has 0 fully saturated rings. The molecule has 1 rings (SSSR count). The quantitative estimate of drug-likeness (QED) is 0.837. The van der Waals surface area contributed by atoms with Crippen LogP contribution in [-0.2, 0) is 4.79 Å². The maximum atomic E-state index is 11.8. The number of rotatable bonds is 3. The highest BCUT2D eigenvalue weighted by atomic mass is 79.9. The van der Waals surface area contributed by atoms with Gasteiger partial charge in [0.1, 0.15) is 0 Å². The molecule has 1 atom stereocenters. The average molecular weight is 360 g/mol. The number of carbonyl (C=O) groups is 1. The van der Waals surface area contributed by atoms with Gasteiger partial charge in [-0.3, -0.25) is 4.79 Å². The van der Waals surface area contributed by atoms with Gasteiger partial charge in [-0.15, -0.1) is 0 Å². The van der Waals surface area contributed by atoms with E-state index in [2.05, 4.69) is 37.2 Å². The van der Waals surface area contributed by atoms with E-state index in [1.54, 1.807) is 18.2 Å². The van der Waals surface area contributed by atoms with Crippen molar-refractivity contribution in [2.45, 2.75) is 18.7 Å². The van der Waals surface area contributed by atoms with Gasteiger partial charge in [0, 0.05) is 4.47 Å². The van der Waals surface area contributed by atoms with E-state index in [-0.39, 0.29) is 16.7 Å². The number of benzene rings is 1. The third-order valence-electron chi connectivity index (χ3n) is 2.19. The Labute approximate surface area is 117 Å². The lowest BCUT2D eigenvalue weighted by Crippen LogP contribution is -2.27. The normalized spacial score (nSPS) is 12.0. The van der Waals surface area contributed by atoms with Gasteiger partial charge in [-0.1, -0.05) is 29.8 Å². The molecule has 17 heavy (non-hydrogen) atoms. The topological polar surface area (TPSA) is 52.9 Å². The lowest BCUT2D eigenvalue weighted by molar-refractivity contribution is -0.116. The third kappa shape index (κ3) is 3.83. The van der Waals surface area contributed by atoms with Crippen LogP contribution in [0, 0.1) is 17.2 Å². The molecule has 90 valence electrons. The molecule has 0 bridgehead atoms. The highest BCUT2D eigenvalue weighted by Gasteiger charge is 2.19. The van der Waals surface area contributed by atoms with Crippen molar-refractivity contribution in [1.29, 1.82) is 5.26 Å². The Morgan fingerprint density at radius 3 is 2.59 bits per heavy atom. The first-order valence-corrected chi connectivity index (χ1v) is 6.81. The van der Waals surface area contributed by atoms with Gasteiger partial charge in [0.05, 0.1) is 22.1 Å². The second kappa shape index (κ2) is 6.18. The molecule has 1 unspecified atom stereocenters. The number of hydrogen-bond donors (Lipinski definition) is 1. The van der Waals surface area contributed by atoms with E-state index < -0.39 is 0 Å². The van der Waals surface area contributed by atoms with Crippen LogP contribution in [0.15, 0.2) is 22.7 Å². The zero-order chi connectivity index (χ0) is 13.0. The van der Waals surface area contributed by atoms with E-state index in [0.717, 1.165) is 0 Å². The fraction of sp³-hybridized carbons (Fsp3) is 0.333. The molecule has 0 saturated carbocycles. The molecule has 0 aliphatic rings. The largest absolute Gasteiger partial charge is 0.324 e. The number of carbonyl (C=O) groups excluding carboxylic acids is 1. The Hall–Kier alpha value is -0.860. The van der Waals surface area contributed by atoms with Crippen molar-refractivity contribution >= 4 is 43.5 Å². The van der Waals surface area contributed by atoms with Gasteiger partial charge < -0.3 is 5.32 Å². The Bertz CT molecular complexity index is 466. The highest BCUT2D eigenvalue weighted by Crippen LogP contribution is 2.24. The number of amides is 1. The summed E-state index contributed by atoms with van der Waals surface area (Å²) in [6, 6.07) is 7.09. The molecule has 3 nitrogen and oxygen atoms in total. The molecule has 0 heterocycles. The number of halogens is 2. The van der Waals surface area contributed by atoms with Crippen LogP contribution in [-0.4, -0.2) is 10.7 Å². The fourth-order valence-electron chi connectivity index (χ4n) is 1.19. The summed E-state index contributed by atoms with van der Waals surface area (Å²) in [5, 5.41) is 11.5. The molecule has 0 radical (unpaired) electrons. The van der Waals surface area contributed by atoms with E-state index in [1.807, 2.05) is 19.9 Å². The van der Waals surface area contributed by atoms with Crippen LogP contribution in [0.1, 0.15) is 19.4 Å². The van der Waals surface area contributed by atoms with Gasteiger partial charge in [0.25, 0.3) is 0 Å². The predicted octanol–water partition coefficient (Wildman–Crippen LogP) is 3.68. The summed E-state index contributed by atoms with van der Waals surface area (Å²) in [4.78, 5) is 11.6. The Kier molecular flexibility index (Phi) is 5.16. The molecule has 0 aromatic heterocycles. The first kappa shape index (κ1) is 14.2. The minimum absolute atomic E-state index is 0.0922. The van der Waals surface area contributed by atoms with Crippen LogP contribution in [0.2, 0.25) is 0 Å². The van der Waals surface area contributed by atoms with E-state index in [0.29, 0.717) is 15.7 Å². The first-order chi connectivity index (χ1) is 7.95. The molecule has 1 aromatic carbocycles. The van der Waals surface area contributed by atoms with Crippen LogP contribution in [0.5, 0.6) is 0 Å². The second-order valence-corrected chi connectivity index (χ2v) is 5.78. The predicted molar refractivity (Wildman–Crippen MR) is 75.0 cm³/mol. The van der Waals surface area contributed by atoms with Crippen molar-refractivity contribution < 1.29 is 4.79 Å². The second-order valence-electron chi connectivity index (χ2n) is 3.94. The number of alkyl halides is 1. The molecule has 0 spiro atoms. The molecule has 1 N–H and O–H groups in total. The standard InChI is InChI=1S/C12H12Br2N2O/c1-7(2)11(14)12(17)16-10-4-3-8(6-15)5-9(10)13/h3-5,7,11H,1-2H3,(H,16,17). The maximum absolute atomic E-state index is 11.8. The van der Waals surface area contributed by atoms with Crippen molar-refractivity contribution in [3.05, 3.63) is 28.2 Å². The minimum atomic E-state index is -0.231. The zero-order valence-electron chi connectivity index (χ0n) is 9.50. The van der Waals surface area contributed by atoms with Crippen molar-refractivity contribution in [2.75, 3.05) is 5.32 Å². The number of nitrogens with zero attached hydrogens (tertiary/aromatic N) is 1. The molecule has 0 aliphatic carbocycles. The van der Waals surface area contributed by atoms with Crippen molar-refractivity contribution in [1.82, 2.24) is 0 Å². The highest BCUT2D eigenvalue weighted by molar-refractivity contribution is 9.10. The minimum Gasteiger partial charge on any atom is -0.324 e. The summed E-state index contributed by atoms with van der Waals surface area (Å²) < 4.78 is 0.702. The Morgan fingerprint density at radius 2 is 2.12 bits per heavy atom. The lowest BCUT2D eigenvalue weighted by atomic mass is 10.1. The van der Waals surface area contributed by atoms with Gasteiger partial charge in [0.15, 0.2) is 0 Å². The lowest BCUT2D eigenvalue weighted by Gasteiger charge is -2.14. The van der Waals surface area contributed by atoms with Crippen LogP contribution < -0.4 is 5.32 Å². The molecule has 1 amide bonds. The third-order valence-corrected chi connectivity index (χ3v) is 4.32. The monoisotopic (exact) mass is 358 g/mol. The summed E-state index contributed by atoms with van der Waals surface area (Å²) in [6.45, 7) is 3.93. The van der Waals surface area contributed by atoms with Gasteiger partial charge in [0.2, 0.25) is 5.91 Å². The summed E-state index contributed by atoms with van der Waals surface area (Å²) in [5.41, 5.74) is 1.22. The van der Waals surface area contributed by atoms with Crippen molar-refractivity contribution in [2.24, 2.45) is 5.92 Å². The summed E-state index contributed by atoms with van der Waals surface area (Å²) in [7, 11) is 0. The first-order valence-electron chi connectivity index (χ1n) is 5.10. The molecule has 1 aromatic rings. The van der Waals surface area contributed by atoms with Gasteiger partial charge in [-0.2, -0.15) is 5.26 Å². The van der Waals surface area contributed by atoms with Crippen LogP contribution in [0.4, 0.5) is 5.69 Å². The number of nitriles is 1. The molecule has 0 saturated heterocycles. The Morgan fingerprint density at radius 1 is 1.47 bits per heavy atom. The van der Waals surface area contributed by atoms with Gasteiger partial charge >= 0.3 is 0 Å². The van der Waals surface area contributed by atoms with Gasteiger partial charge in [-0.25, -0.2) is 0 Å². The van der Waals surface area contributed by atoms with Crippen LogP contribution in [0.3, 0.4) is 0 Å². The molecule has 0 aliphatic heterocycles. The molecular weight excluding hydrogens is 348 g/mol. The Balaban J connectivity index is 2.83. The summed E-state index contributed by atoms with van der Waals surface area (Å²) >= 11 is 6.66. The average Bonchev–Trinajstić information content (AvgIpc) is 2.30. The fourth-order valence-corrected chi connectivity index (χ4v) is 1.78. The zero-order valence-corrected chi connectivity index (χ0v) is 12.7. The smallest absolute Gasteiger partial charge is 0.238 e. The van der Waals surface area contributed by atoms with Crippen LogP contribution in [0.25, 0.3) is 0 Å². The number of hydrogen-bond acceptors (Lipinski definition) is 2. The summed E-state index contributed by atoms with van der Waals surface area (Å²) in [6.07, 6.45) is 0. The van der Waals surface area contributed by atoms with E-state index in [4.69, 9.17) is 5.26 Å².